The Labute approximate surface area is 130 Å². The van der Waals surface area contributed by atoms with Crippen LogP contribution < -0.4 is 10.2 Å². The van der Waals surface area contributed by atoms with Crippen LogP contribution >= 0.6 is 0 Å². The number of amides is 1. The average Bonchev–Trinajstić information content (AvgIpc) is 2.57. The monoisotopic (exact) mass is 296 g/mol. The third-order valence-corrected chi connectivity index (χ3v) is 3.98. The summed E-state index contributed by atoms with van der Waals surface area (Å²) in [5, 5.41) is 2.95. The maximum atomic E-state index is 12.1. The third kappa shape index (κ3) is 3.81. The predicted octanol–water partition coefficient (Wildman–Crippen LogP) is 2.72. The number of carbonyl (C=O) groups excluding carboxylic acids is 1. The summed E-state index contributed by atoms with van der Waals surface area (Å²) in [7, 11) is 0. The highest BCUT2D eigenvalue weighted by molar-refractivity contribution is 5.90. The first-order valence-corrected chi connectivity index (χ1v) is 7.68. The molecular formula is C17H20N4O. The van der Waals surface area contributed by atoms with Gasteiger partial charge >= 0.3 is 0 Å². The number of benzene rings is 1. The average molecular weight is 296 g/mol. The number of aromatic nitrogens is 2. The van der Waals surface area contributed by atoms with Gasteiger partial charge in [-0.05, 0) is 37.0 Å². The molecule has 2 aromatic rings. The van der Waals surface area contributed by atoms with Gasteiger partial charge in [0.15, 0.2) is 0 Å². The maximum absolute atomic E-state index is 12.1. The number of piperidine rings is 1. The summed E-state index contributed by atoms with van der Waals surface area (Å²) in [6.45, 7) is 1.82. The van der Waals surface area contributed by atoms with Crippen molar-refractivity contribution in [3.05, 3.63) is 48.8 Å². The van der Waals surface area contributed by atoms with E-state index in [4.69, 9.17) is 0 Å². The minimum Gasteiger partial charge on any atom is -0.341 e. The fraction of sp³-hybridized carbons (Fsp3) is 0.353. The smallest absolute Gasteiger partial charge is 0.225 e. The van der Waals surface area contributed by atoms with Crippen molar-refractivity contribution >= 4 is 17.5 Å². The van der Waals surface area contributed by atoms with Gasteiger partial charge in [-0.15, -0.1) is 0 Å². The van der Waals surface area contributed by atoms with Crippen LogP contribution in [0, 0.1) is 5.92 Å². The van der Waals surface area contributed by atoms with Gasteiger partial charge in [-0.25, -0.2) is 9.97 Å². The first-order chi connectivity index (χ1) is 10.8. The van der Waals surface area contributed by atoms with E-state index in [-0.39, 0.29) is 5.91 Å². The Kier molecular flexibility index (Phi) is 4.63. The Bertz CT molecular complexity index is 595. The van der Waals surface area contributed by atoms with Gasteiger partial charge in [-0.3, -0.25) is 4.79 Å². The molecule has 1 aromatic carbocycles. The van der Waals surface area contributed by atoms with Crippen LogP contribution in [0.1, 0.15) is 19.3 Å². The molecule has 2 heterocycles. The number of para-hydroxylation sites is 1. The van der Waals surface area contributed by atoms with Crippen LogP contribution in [0.5, 0.6) is 0 Å². The molecule has 1 saturated heterocycles. The summed E-state index contributed by atoms with van der Waals surface area (Å²) >= 11 is 0. The van der Waals surface area contributed by atoms with E-state index in [0.29, 0.717) is 12.3 Å². The molecule has 3 rings (SSSR count). The zero-order chi connectivity index (χ0) is 15.2. The van der Waals surface area contributed by atoms with Crippen molar-refractivity contribution < 1.29 is 4.79 Å². The summed E-state index contributed by atoms with van der Waals surface area (Å²) in [6.07, 6.45) is 6.11. The van der Waals surface area contributed by atoms with E-state index in [2.05, 4.69) is 20.2 Å². The predicted molar refractivity (Wildman–Crippen MR) is 86.7 cm³/mol. The Balaban J connectivity index is 1.47. The molecule has 0 aliphatic carbocycles. The van der Waals surface area contributed by atoms with Crippen LogP contribution in [0.25, 0.3) is 0 Å². The van der Waals surface area contributed by atoms with Crippen LogP contribution in [0.2, 0.25) is 0 Å². The quantitative estimate of drug-likeness (QED) is 0.942. The van der Waals surface area contributed by atoms with Crippen molar-refractivity contribution in [2.75, 3.05) is 23.3 Å². The van der Waals surface area contributed by atoms with Crippen LogP contribution in [-0.4, -0.2) is 29.0 Å². The van der Waals surface area contributed by atoms with Crippen molar-refractivity contribution in [2.45, 2.75) is 19.3 Å². The van der Waals surface area contributed by atoms with Gasteiger partial charge < -0.3 is 10.2 Å². The number of nitrogens with one attached hydrogen (secondary N) is 1. The highest BCUT2D eigenvalue weighted by Gasteiger charge is 2.22. The van der Waals surface area contributed by atoms with Gasteiger partial charge in [-0.2, -0.15) is 0 Å². The molecule has 114 valence electrons. The van der Waals surface area contributed by atoms with Crippen molar-refractivity contribution in [1.29, 1.82) is 0 Å². The molecule has 1 aromatic heterocycles. The lowest BCUT2D eigenvalue weighted by Gasteiger charge is -2.31. The van der Waals surface area contributed by atoms with Crippen LogP contribution in [0.3, 0.4) is 0 Å². The Morgan fingerprint density at radius 1 is 1.09 bits per heavy atom. The van der Waals surface area contributed by atoms with E-state index in [0.717, 1.165) is 37.6 Å². The summed E-state index contributed by atoms with van der Waals surface area (Å²) in [5.74, 6) is 1.32. The summed E-state index contributed by atoms with van der Waals surface area (Å²) < 4.78 is 0. The van der Waals surface area contributed by atoms with Crippen LogP contribution in [0.4, 0.5) is 11.6 Å². The normalized spacial score (nSPS) is 15.5. The number of hydrogen-bond donors (Lipinski definition) is 1. The first-order valence-electron chi connectivity index (χ1n) is 7.68. The fourth-order valence-electron chi connectivity index (χ4n) is 2.79. The van der Waals surface area contributed by atoms with Gasteiger partial charge in [0.2, 0.25) is 11.9 Å². The lowest BCUT2D eigenvalue weighted by molar-refractivity contribution is -0.117. The molecule has 1 aliphatic heterocycles. The first kappa shape index (κ1) is 14.5. The number of hydrogen-bond acceptors (Lipinski definition) is 4. The van der Waals surface area contributed by atoms with E-state index in [1.165, 1.54) is 0 Å². The Hall–Kier alpha value is -2.43. The van der Waals surface area contributed by atoms with Crippen molar-refractivity contribution in [3.63, 3.8) is 0 Å². The standard InChI is InChI=1S/C17H20N4O/c22-16(20-15-5-2-1-3-6-15)13-14-7-11-21(12-8-14)17-18-9-4-10-19-17/h1-6,9-10,14H,7-8,11-13H2,(H,20,22). The van der Waals surface area contributed by atoms with Crippen molar-refractivity contribution in [3.8, 4) is 0 Å². The summed E-state index contributed by atoms with van der Waals surface area (Å²) in [4.78, 5) is 22.8. The largest absolute Gasteiger partial charge is 0.341 e. The lowest BCUT2D eigenvalue weighted by Crippen LogP contribution is -2.35. The number of anilines is 2. The maximum Gasteiger partial charge on any atom is 0.225 e. The molecule has 1 N–H and O–H groups in total. The zero-order valence-electron chi connectivity index (χ0n) is 12.5. The van der Waals surface area contributed by atoms with Crippen LogP contribution in [-0.2, 0) is 4.79 Å². The minimum atomic E-state index is 0.0978. The second kappa shape index (κ2) is 7.02. The highest BCUT2D eigenvalue weighted by atomic mass is 16.1. The van der Waals surface area contributed by atoms with E-state index in [9.17, 15) is 4.79 Å². The molecule has 22 heavy (non-hydrogen) atoms. The fourth-order valence-corrected chi connectivity index (χ4v) is 2.79. The number of rotatable bonds is 4. The lowest BCUT2D eigenvalue weighted by atomic mass is 9.93. The molecule has 5 heteroatoms. The van der Waals surface area contributed by atoms with Gasteiger partial charge in [0.1, 0.15) is 0 Å². The van der Waals surface area contributed by atoms with Gasteiger partial charge in [-0.1, -0.05) is 18.2 Å². The van der Waals surface area contributed by atoms with Gasteiger partial charge in [0, 0.05) is 37.6 Å². The van der Waals surface area contributed by atoms with E-state index >= 15 is 0 Å². The summed E-state index contributed by atoms with van der Waals surface area (Å²) in [5.41, 5.74) is 0.864. The van der Waals surface area contributed by atoms with E-state index in [1.807, 2.05) is 36.4 Å². The molecule has 1 fully saturated rings. The molecule has 0 unspecified atom stereocenters. The van der Waals surface area contributed by atoms with Crippen molar-refractivity contribution in [1.82, 2.24) is 9.97 Å². The minimum absolute atomic E-state index is 0.0978. The summed E-state index contributed by atoms with van der Waals surface area (Å²) in [6, 6.07) is 11.4. The van der Waals surface area contributed by atoms with Crippen molar-refractivity contribution in [2.24, 2.45) is 5.92 Å². The Morgan fingerprint density at radius 2 is 1.77 bits per heavy atom. The molecule has 0 saturated carbocycles. The topological polar surface area (TPSA) is 58.1 Å². The molecule has 1 aliphatic rings. The molecule has 0 spiro atoms. The molecule has 0 radical (unpaired) electrons. The molecule has 1 amide bonds. The van der Waals surface area contributed by atoms with Gasteiger partial charge in [0.25, 0.3) is 0 Å². The second-order valence-electron chi connectivity index (χ2n) is 5.60. The van der Waals surface area contributed by atoms with Crippen LogP contribution in [0.15, 0.2) is 48.8 Å². The van der Waals surface area contributed by atoms with E-state index in [1.54, 1.807) is 12.4 Å². The van der Waals surface area contributed by atoms with Gasteiger partial charge in [0.05, 0.1) is 0 Å². The molecule has 0 atom stereocenters. The SMILES string of the molecule is O=C(CC1CCN(c2ncccn2)CC1)Nc1ccccc1. The molecule has 0 bridgehead atoms. The number of nitrogens with zero attached hydrogens (tertiary/aromatic N) is 3. The Morgan fingerprint density at radius 3 is 2.45 bits per heavy atom. The third-order valence-electron chi connectivity index (χ3n) is 3.98. The van der Waals surface area contributed by atoms with E-state index < -0.39 is 0 Å². The number of carbonyl (C=O) groups is 1. The molecular weight excluding hydrogens is 276 g/mol. The zero-order valence-corrected chi connectivity index (χ0v) is 12.5. The highest BCUT2D eigenvalue weighted by Crippen LogP contribution is 2.23. The molecule has 5 nitrogen and oxygen atoms in total. The second-order valence-corrected chi connectivity index (χ2v) is 5.60.